The Labute approximate surface area is 233 Å². The predicted molar refractivity (Wildman–Crippen MR) is 145 cm³/mol. The number of carbonyl (C=O) groups is 5. The van der Waals surface area contributed by atoms with Crippen LogP contribution in [0.1, 0.15) is 75.4 Å². The number of aliphatic hydroxyl groups excluding tert-OH is 1. The molecule has 40 heavy (non-hydrogen) atoms. The lowest BCUT2D eigenvalue weighted by molar-refractivity contribution is -0.197. The third-order valence-corrected chi connectivity index (χ3v) is 8.93. The van der Waals surface area contributed by atoms with Gasteiger partial charge in [-0.05, 0) is 48.4 Å². The van der Waals surface area contributed by atoms with Gasteiger partial charge in [-0.2, -0.15) is 0 Å². The van der Waals surface area contributed by atoms with Gasteiger partial charge in [0.1, 0.15) is 5.75 Å². The number of primary amides is 1. The maximum Gasteiger partial charge on any atom is 0.235 e. The predicted octanol–water partition coefficient (Wildman–Crippen LogP) is 1.11. The Hall–Kier alpha value is -2.95. The molecule has 218 valence electrons. The minimum absolute atomic E-state index is 0.0690. The van der Waals surface area contributed by atoms with Crippen LogP contribution in [0, 0.1) is 29.1 Å². The van der Waals surface area contributed by atoms with Crippen molar-refractivity contribution in [1.82, 2.24) is 4.90 Å². The zero-order chi connectivity index (χ0) is 30.4. The first-order valence-corrected chi connectivity index (χ1v) is 13.6. The van der Waals surface area contributed by atoms with E-state index in [-0.39, 0.29) is 16.7 Å². The van der Waals surface area contributed by atoms with Gasteiger partial charge in [0.15, 0.2) is 34.7 Å². The number of aromatic hydroxyl groups is 1. The average molecular weight is 557 g/mol. The summed E-state index contributed by atoms with van der Waals surface area (Å²) in [6.07, 6.45) is -1.27. The van der Waals surface area contributed by atoms with E-state index in [2.05, 4.69) is 0 Å². The van der Waals surface area contributed by atoms with Crippen LogP contribution < -0.4 is 5.73 Å². The number of benzene rings is 1. The number of aliphatic hydroxyl groups is 2. The van der Waals surface area contributed by atoms with E-state index in [9.17, 15) is 39.3 Å². The van der Waals surface area contributed by atoms with Crippen LogP contribution in [0.25, 0.3) is 0 Å². The number of rotatable bonds is 3. The van der Waals surface area contributed by atoms with Crippen LogP contribution in [0.4, 0.5) is 0 Å². The van der Waals surface area contributed by atoms with E-state index >= 15 is 0 Å². The normalized spacial score (nSPS) is 34.4. The number of hydrogen-bond acceptors (Lipinski definition) is 9. The minimum Gasteiger partial charge on any atom is -0.507 e. The summed E-state index contributed by atoms with van der Waals surface area (Å²) < 4.78 is 0. The number of hydrogen-bond donors (Lipinski definition) is 4. The van der Waals surface area contributed by atoms with Gasteiger partial charge in [-0.15, -0.1) is 0 Å². The lowest BCUT2D eigenvalue weighted by atomic mass is 9.48. The number of nitrogens with two attached hydrogens (primary N) is 1. The number of phenols is 1. The molecule has 0 spiro atoms. The van der Waals surface area contributed by atoms with Crippen LogP contribution in [0.5, 0.6) is 5.75 Å². The Bertz CT molecular complexity index is 1320. The van der Waals surface area contributed by atoms with E-state index in [0.717, 1.165) is 0 Å². The van der Waals surface area contributed by atoms with Crippen LogP contribution in [0.2, 0.25) is 0 Å². The molecule has 10 nitrogen and oxygen atoms in total. The molecule has 1 amide bonds. The first-order valence-electron chi connectivity index (χ1n) is 13.6. The summed E-state index contributed by atoms with van der Waals surface area (Å²) in [6.45, 7) is 11.5. The highest BCUT2D eigenvalue weighted by Gasteiger charge is 2.73. The zero-order valence-corrected chi connectivity index (χ0v) is 24.3. The van der Waals surface area contributed by atoms with E-state index in [0.29, 0.717) is 17.5 Å². The molecule has 0 aliphatic heterocycles. The number of likely N-dealkylation sites (N-methyl/N-ethyl adjacent to an activating group) is 1. The van der Waals surface area contributed by atoms with Gasteiger partial charge in [-0.25, -0.2) is 0 Å². The first kappa shape index (κ1) is 30.0. The molecule has 0 bridgehead atoms. The SMILES string of the molecule is CN(C)[C@H]1C(=O)C(C(N)=O)C(=O)[C@]2(O)C(=O)C3C(=O)c4c(ccc(C(C)(C)C)c4O)[C@@H](CC(C)(C)C)[C@@H]3[C@@H](O)[C@H]12. The molecule has 5 N–H and O–H groups in total. The van der Waals surface area contributed by atoms with Crippen LogP contribution >= 0.6 is 0 Å². The lowest BCUT2D eigenvalue weighted by Crippen LogP contribution is -2.77. The molecule has 2 saturated carbocycles. The number of Topliss-reactive ketones (excluding diaryl/α,β-unsaturated/α-hetero) is 4. The Kier molecular flexibility index (Phi) is 6.97. The monoisotopic (exact) mass is 556 g/mol. The van der Waals surface area contributed by atoms with E-state index in [4.69, 9.17) is 5.73 Å². The number of phenolic OH excluding ortho intramolecular Hbond substituents is 1. The van der Waals surface area contributed by atoms with Crippen LogP contribution in [-0.4, -0.2) is 81.1 Å². The van der Waals surface area contributed by atoms with Crippen molar-refractivity contribution >= 4 is 29.0 Å². The second-order valence-corrected chi connectivity index (χ2v) is 14.1. The van der Waals surface area contributed by atoms with E-state index in [1.807, 2.05) is 41.5 Å². The smallest absolute Gasteiger partial charge is 0.235 e. The number of fused-ring (bicyclic) bond motifs is 3. The molecule has 4 rings (SSSR count). The molecule has 3 aliphatic rings. The third-order valence-electron chi connectivity index (χ3n) is 8.93. The van der Waals surface area contributed by atoms with Crippen molar-refractivity contribution in [2.45, 2.75) is 77.0 Å². The number of ketones is 4. The fourth-order valence-electron chi connectivity index (χ4n) is 7.32. The molecule has 0 radical (unpaired) electrons. The lowest BCUT2D eigenvalue weighted by Gasteiger charge is -2.56. The fourth-order valence-corrected chi connectivity index (χ4v) is 7.32. The van der Waals surface area contributed by atoms with Gasteiger partial charge in [-0.3, -0.25) is 28.9 Å². The number of carbonyl (C=O) groups excluding carboxylic acids is 5. The van der Waals surface area contributed by atoms with Crippen molar-refractivity contribution in [1.29, 1.82) is 0 Å². The van der Waals surface area contributed by atoms with Crippen molar-refractivity contribution in [3.63, 3.8) is 0 Å². The summed E-state index contributed by atoms with van der Waals surface area (Å²) in [4.78, 5) is 68.9. The Balaban J connectivity index is 2.03. The van der Waals surface area contributed by atoms with Gasteiger partial charge in [0.25, 0.3) is 0 Å². The molecule has 3 aliphatic carbocycles. The highest BCUT2D eigenvalue weighted by atomic mass is 16.3. The van der Waals surface area contributed by atoms with Crippen LogP contribution in [-0.2, 0) is 24.6 Å². The summed E-state index contributed by atoms with van der Waals surface area (Å²) in [6, 6.07) is 2.07. The molecule has 8 atom stereocenters. The molecule has 2 unspecified atom stereocenters. The highest BCUT2D eigenvalue weighted by molar-refractivity contribution is 6.32. The maximum atomic E-state index is 14.3. The summed E-state index contributed by atoms with van der Waals surface area (Å²) in [7, 11) is 2.94. The highest BCUT2D eigenvalue weighted by Crippen LogP contribution is 2.57. The van der Waals surface area contributed by atoms with Crippen LogP contribution in [0.3, 0.4) is 0 Å². The first-order chi connectivity index (χ1) is 18.2. The molecule has 1 aromatic carbocycles. The second kappa shape index (κ2) is 9.29. The van der Waals surface area contributed by atoms with E-state index < -0.39 is 81.8 Å². The molecule has 0 saturated heterocycles. The van der Waals surface area contributed by atoms with Gasteiger partial charge in [0.2, 0.25) is 5.91 Å². The Morgan fingerprint density at radius 1 is 1.02 bits per heavy atom. The largest absolute Gasteiger partial charge is 0.507 e. The summed E-state index contributed by atoms with van der Waals surface area (Å²) in [5.74, 6) is -13.1. The average Bonchev–Trinajstić information content (AvgIpc) is 2.78. The molecular formula is C30H40N2O8. The number of nitrogens with zero attached hydrogens (tertiary/aromatic N) is 1. The summed E-state index contributed by atoms with van der Waals surface area (Å²) in [5.41, 5.74) is 2.33. The van der Waals surface area contributed by atoms with E-state index in [1.165, 1.54) is 19.0 Å². The Morgan fingerprint density at radius 3 is 2.08 bits per heavy atom. The topological polar surface area (TPSA) is 175 Å². The molecule has 0 heterocycles. The van der Waals surface area contributed by atoms with Crippen molar-refractivity contribution in [2.24, 2.45) is 34.8 Å². The van der Waals surface area contributed by atoms with Gasteiger partial charge < -0.3 is 21.1 Å². The third kappa shape index (κ3) is 4.14. The second-order valence-electron chi connectivity index (χ2n) is 14.1. The van der Waals surface area contributed by atoms with Crippen LogP contribution in [0.15, 0.2) is 12.1 Å². The molecule has 2 fully saturated rings. The van der Waals surface area contributed by atoms with E-state index in [1.54, 1.807) is 12.1 Å². The Morgan fingerprint density at radius 2 is 1.60 bits per heavy atom. The quantitative estimate of drug-likeness (QED) is 0.397. The number of amides is 1. The standard InChI is InChI=1S/C30H40N2O8/c1-28(2,3)11-13-12-9-10-14(29(4,5)6)21(33)16(12)22(34)17-15(13)23(35)19-20(32(7)8)24(36)18(27(31)39)26(38)30(19,40)25(17)37/h9-10,13,15,17-20,23,33,35,40H,11H2,1-8H3,(H2,31,39)/t13-,15+,17?,18?,19+,20-,23-,30-/m1/s1. The summed E-state index contributed by atoms with van der Waals surface area (Å²) >= 11 is 0. The molecule has 0 aromatic heterocycles. The summed E-state index contributed by atoms with van der Waals surface area (Å²) in [5, 5.41) is 35.2. The fraction of sp³-hybridized carbons (Fsp3) is 0.633. The minimum atomic E-state index is -3.01. The van der Waals surface area contributed by atoms with Crippen molar-refractivity contribution in [2.75, 3.05) is 14.1 Å². The zero-order valence-electron chi connectivity index (χ0n) is 24.3. The molecule has 1 aromatic rings. The van der Waals surface area contributed by atoms with Gasteiger partial charge in [-0.1, -0.05) is 53.7 Å². The van der Waals surface area contributed by atoms with Gasteiger partial charge in [0.05, 0.1) is 29.5 Å². The molecular weight excluding hydrogens is 516 g/mol. The maximum absolute atomic E-state index is 14.3. The van der Waals surface area contributed by atoms with Gasteiger partial charge >= 0.3 is 0 Å². The van der Waals surface area contributed by atoms with Crippen molar-refractivity contribution in [3.05, 3.63) is 28.8 Å². The van der Waals surface area contributed by atoms with Crippen molar-refractivity contribution in [3.8, 4) is 5.75 Å². The molecule has 10 heteroatoms. The van der Waals surface area contributed by atoms with Crippen molar-refractivity contribution < 1.29 is 39.3 Å². The van der Waals surface area contributed by atoms with Gasteiger partial charge in [0, 0.05) is 5.92 Å².